The second-order valence-corrected chi connectivity index (χ2v) is 7.43. The molecule has 0 spiro atoms. The van der Waals surface area contributed by atoms with Gasteiger partial charge in [-0.05, 0) is 25.5 Å². The third-order valence-electron chi connectivity index (χ3n) is 4.50. The van der Waals surface area contributed by atoms with Crippen molar-refractivity contribution in [3.05, 3.63) is 53.3 Å². The van der Waals surface area contributed by atoms with Crippen molar-refractivity contribution in [1.29, 1.82) is 0 Å². The Labute approximate surface area is 156 Å². The van der Waals surface area contributed by atoms with Crippen LogP contribution in [0, 0.1) is 19.8 Å². The van der Waals surface area contributed by atoms with Gasteiger partial charge in [0, 0.05) is 30.4 Å². The van der Waals surface area contributed by atoms with E-state index >= 15 is 0 Å². The van der Waals surface area contributed by atoms with Crippen LogP contribution in [0.2, 0.25) is 0 Å². The summed E-state index contributed by atoms with van der Waals surface area (Å²) in [7, 11) is 0. The Morgan fingerprint density at radius 1 is 1.15 bits per heavy atom. The number of aromatic nitrogens is 2. The number of hydrogen-bond donors (Lipinski definition) is 1. The van der Waals surface area contributed by atoms with Crippen molar-refractivity contribution >= 4 is 23.6 Å². The molecule has 0 aliphatic carbocycles. The molecule has 2 heterocycles. The number of hydrogen-bond acceptors (Lipinski definition) is 5. The van der Waals surface area contributed by atoms with Gasteiger partial charge in [0.2, 0.25) is 5.91 Å². The van der Waals surface area contributed by atoms with E-state index in [0.29, 0.717) is 11.7 Å². The van der Waals surface area contributed by atoms with Crippen LogP contribution in [0.25, 0.3) is 0 Å². The molecule has 2 aromatic rings. The molecule has 1 amide bonds. The first-order valence-corrected chi connectivity index (χ1v) is 9.43. The molecule has 2 unspecified atom stereocenters. The van der Waals surface area contributed by atoms with Crippen LogP contribution in [0.4, 0.5) is 0 Å². The number of carbonyl (C=O) groups is 2. The minimum absolute atomic E-state index is 0.0811. The highest BCUT2D eigenvalue weighted by Gasteiger charge is 2.40. The zero-order valence-electron chi connectivity index (χ0n) is 14.8. The Balaban J connectivity index is 1.67. The third-order valence-corrected chi connectivity index (χ3v) is 5.34. The monoisotopic (exact) mass is 371 g/mol. The van der Waals surface area contributed by atoms with Gasteiger partial charge in [-0.15, -0.1) is 0 Å². The average Bonchev–Trinajstić information content (AvgIpc) is 3.05. The van der Waals surface area contributed by atoms with E-state index in [9.17, 15) is 14.7 Å². The van der Waals surface area contributed by atoms with E-state index in [-0.39, 0.29) is 24.1 Å². The van der Waals surface area contributed by atoms with E-state index < -0.39 is 11.9 Å². The first-order chi connectivity index (χ1) is 12.4. The van der Waals surface area contributed by atoms with Gasteiger partial charge >= 0.3 is 5.97 Å². The molecule has 7 heteroatoms. The Morgan fingerprint density at radius 2 is 1.81 bits per heavy atom. The molecule has 1 N–H and O–H groups in total. The molecule has 1 fully saturated rings. The van der Waals surface area contributed by atoms with Gasteiger partial charge in [0.25, 0.3) is 0 Å². The topological polar surface area (TPSA) is 83.4 Å². The van der Waals surface area contributed by atoms with E-state index in [2.05, 4.69) is 9.97 Å². The number of aryl methyl sites for hydroxylation is 2. The van der Waals surface area contributed by atoms with E-state index in [0.717, 1.165) is 17.0 Å². The minimum Gasteiger partial charge on any atom is -0.481 e. The second kappa shape index (κ2) is 7.86. The Kier molecular flexibility index (Phi) is 5.56. The van der Waals surface area contributed by atoms with Gasteiger partial charge in [0.05, 0.1) is 11.7 Å². The number of aliphatic carboxylic acids is 1. The lowest BCUT2D eigenvalue weighted by atomic mass is 9.89. The van der Waals surface area contributed by atoms with Crippen LogP contribution in [0.1, 0.15) is 22.9 Å². The Bertz CT molecular complexity index is 793. The summed E-state index contributed by atoms with van der Waals surface area (Å²) in [6.45, 7) is 4.45. The lowest BCUT2D eigenvalue weighted by molar-refractivity contribution is -0.141. The quantitative estimate of drug-likeness (QED) is 0.642. The van der Waals surface area contributed by atoms with Crippen LogP contribution < -0.4 is 0 Å². The van der Waals surface area contributed by atoms with E-state index in [4.69, 9.17) is 0 Å². The minimum atomic E-state index is -0.862. The van der Waals surface area contributed by atoms with E-state index in [1.165, 1.54) is 11.8 Å². The smallest absolute Gasteiger partial charge is 0.308 e. The molecular weight excluding hydrogens is 350 g/mol. The summed E-state index contributed by atoms with van der Waals surface area (Å²) < 4.78 is 0. The highest BCUT2D eigenvalue weighted by Crippen LogP contribution is 2.33. The van der Waals surface area contributed by atoms with E-state index in [1.54, 1.807) is 4.90 Å². The third kappa shape index (κ3) is 4.22. The first kappa shape index (κ1) is 18.4. The zero-order valence-corrected chi connectivity index (χ0v) is 15.6. The summed E-state index contributed by atoms with van der Waals surface area (Å²) in [5.41, 5.74) is 2.69. The Hall–Kier alpha value is -2.41. The van der Waals surface area contributed by atoms with Crippen molar-refractivity contribution < 1.29 is 14.7 Å². The molecule has 6 nitrogen and oxygen atoms in total. The number of nitrogens with zero attached hydrogens (tertiary/aromatic N) is 3. The maximum absolute atomic E-state index is 12.6. The maximum Gasteiger partial charge on any atom is 0.308 e. The highest BCUT2D eigenvalue weighted by molar-refractivity contribution is 7.99. The molecule has 1 aromatic carbocycles. The molecule has 2 atom stereocenters. The lowest BCUT2D eigenvalue weighted by Crippen LogP contribution is -2.31. The predicted octanol–water partition coefficient (Wildman–Crippen LogP) is 2.51. The summed E-state index contributed by atoms with van der Waals surface area (Å²) in [6, 6.07) is 11.4. The zero-order chi connectivity index (χ0) is 18.7. The van der Waals surface area contributed by atoms with Gasteiger partial charge in [0.1, 0.15) is 0 Å². The average molecular weight is 371 g/mol. The van der Waals surface area contributed by atoms with Gasteiger partial charge in [-0.25, -0.2) is 9.97 Å². The van der Waals surface area contributed by atoms with Crippen molar-refractivity contribution in [2.75, 3.05) is 18.8 Å². The fourth-order valence-electron chi connectivity index (χ4n) is 3.27. The van der Waals surface area contributed by atoms with Gasteiger partial charge in [-0.1, -0.05) is 42.1 Å². The fraction of sp³-hybridized carbons (Fsp3) is 0.368. The first-order valence-electron chi connectivity index (χ1n) is 8.44. The molecule has 0 saturated carbocycles. The molecule has 1 saturated heterocycles. The molecule has 1 aliphatic heterocycles. The number of likely N-dealkylation sites (tertiary alicyclic amines) is 1. The molecule has 136 valence electrons. The summed E-state index contributed by atoms with van der Waals surface area (Å²) in [5.74, 6) is -1.50. The van der Waals surface area contributed by atoms with Crippen LogP contribution in [-0.2, 0) is 9.59 Å². The maximum atomic E-state index is 12.6. The highest BCUT2D eigenvalue weighted by atomic mass is 32.2. The predicted molar refractivity (Wildman–Crippen MR) is 99.1 cm³/mol. The number of thioether (sulfide) groups is 1. The van der Waals surface area contributed by atoms with Crippen molar-refractivity contribution in [2.45, 2.75) is 24.9 Å². The summed E-state index contributed by atoms with van der Waals surface area (Å²) in [6.07, 6.45) is 0. The molecule has 26 heavy (non-hydrogen) atoms. The van der Waals surface area contributed by atoms with E-state index in [1.807, 2.05) is 50.2 Å². The molecule has 1 aliphatic rings. The molecule has 0 bridgehead atoms. The lowest BCUT2D eigenvalue weighted by Gasteiger charge is -2.16. The van der Waals surface area contributed by atoms with Crippen LogP contribution >= 0.6 is 11.8 Å². The van der Waals surface area contributed by atoms with Crippen molar-refractivity contribution in [2.24, 2.45) is 5.92 Å². The van der Waals surface area contributed by atoms with Gasteiger partial charge < -0.3 is 10.0 Å². The number of carboxylic acids is 1. The van der Waals surface area contributed by atoms with Crippen LogP contribution in [-0.4, -0.2) is 50.7 Å². The molecule has 1 aromatic heterocycles. The summed E-state index contributed by atoms with van der Waals surface area (Å²) in [5, 5.41) is 10.1. The largest absolute Gasteiger partial charge is 0.481 e. The van der Waals surface area contributed by atoms with Crippen LogP contribution in [0.5, 0.6) is 0 Å². The number of rotatable bonds is 5. The standard InChI is InChI=1S/C19H21N3O3S/c1-12-8-13(2)21-19(20-12)26-11-17(23)22-9-15(16(10-22)18(24)25)14-6-4-3-5-7-14/h3-8,15-16H,9-11H2,1-2H3,(H,24,25). The van der Waals surface area contributed by atoms with Gasteiger partial charge in [0.15, 0.2) is 5.16 Å². The number of amides is 1. The number of carboxylic acid groups (broad SMARTS) is 1. The van der Waals surface area contributed by atoms with Crippen LogP contribution in [0.3, 0.4) is 0 Å². The molecule has 3 rings (SSSR count). The Morgan fingerprint density at radius 3 is 2.42 bits per heavy atom. The number of benzene rings is 1. The fourth-order valence-corrected chi connectivity index (χ4v) is 4.12. The normalized spacial score (nSPS) is 19.5. The molecular formula is C19H21N3O3S. The van der Waals surface area contributed by atoms with Gasteiger partial charge in [-0.2, -0.15) is 0 Å². The summed E-state index contributed by atoms with van der Waals surface area (Å²) >= 11 is 1.29. The van der Waals surface area contributed by atoms with Crippen molar-refractivity contribution in [1.82, 2.24) is 14.9 Å². The van der Waals surface area contributed by atoms with Crippen molar-refractivity contribution in [3.63, 3.8) is 0 Å². The second-order valence-electron chi connectivity index (χ2n) is 6.48. The van der Waals surface area contributed by atoms with Crippen molar-refractivity contribution in [3.8, 4) is 0 Å². The van der Waals surface area contributed by atoms with Gasteiger partial charge in [-0.3, -0.25) is 9.59 Å². The summed E-state index contributed by atoms with van der Waals surface area (Å²) in [4.78, 5) is 34.5. The SMILES string of the molecule is Cc1cc(C)nc(SCC(=O)N2CC(C(=O)O)C(c3ccccc3)C2)n1. The van der Waals surface area contributed by atoms with Crippen LogP contribution in [0.15, 0.2) is 41.6 Å². The number of carbonyl (C=O) groups excluding carboxylic acids is 1. The molecule has 0 radical (unpaired) electrons.